The van der Waals surface area contributed by atoms with Crippen molar-refractivity contribution >= 4 is 28.7 Å². The number of hydrogen-bond donors (Lipinski definition) is 0. The van der Waals surface area contributed by atoms with E-state index in [2.05, 4.69) is 10.00 Å². The summed E-state index contributed by atoms with van der Waals surface area (Å²) in [5.41, 5.74) is 3.28. The standard InChI is InChI=1S/C24H28N4O2S/c1-2-28-23-21(14-25-28)20(13-22(26-23)17-7-4-3-5-8-17)24(29)27(18-10-12-31-16-18)15-19-9-6-11-30-19/h3-5,7-8,13-14,18-19H,2,6,9-12,15-16H2,1H3/t18-,19+/m0/s1. The zero-order chi connectivity index (χ0) is 21.2. The number of aryl methyl sites for hydroxylation is 1. The van der Waals surface area contributed by atoms with Crippen molar-refractivity contribution in [2.24, 2.45) is 0 Å². The van der Waals surface area contributed by atoms with E-state index >= 15 is 0 Å². The van der Waals surface area contributed by atoms with E-state index in [1.54, 1.807) is 6.20 Å². The second-order valence-corrected chi connectivity index (χ2v) is 9.38. The fourth-order valence-corrected chi connectivity index (χ4v) is 5.77. The van der Waals surface area contributed by atoms with Gasteiger partial charge in [0, 0.05) is 37.1 Å². The quantitative estimate of drug-likeness (QED) is 0.578. The lowest BCUT2D eigenvalue weighted by atomic mass is 10.0. The van der Waals surface area contributed by atoms with Gasteiger partial charge in [0.1, 0.15) is 0 Å². The lowest BCUT2D eigenvalue weighted by molar-refractivity contribution is 0.0443. The number of benzene rings is 1. The van der Waals surface area contributed by atoms with Crippen molar-refractivity contribution in [1.29, 1.82) is 0 Å². The van der Waals surface area contributed by atoms with Crippen molar-refractivity contribution in [2.75, 3.05) is 24.7 Å². The first-order valence-electron chi connectivity index (χ1n) is 11.2. The van der Waals surface area contributed by atoms with Gasteiger partial charge in [-0.15, -0.1) is 0 Å². The molecule has 2 saturated heterocycles. The first kappa shape index (κ1) is 20.5. The van der Waals surface area contributed by atoms with E-state index in [0.29, 0.717) is 18.7 Å². The Balaban J connectivity index is 1.59. The SMILES string of the molecule is CCn1ncc2c(C(=O)N(C[C@H]3CCCO3)[C@H]3CCSC3)cc(-c3ccccc3)nc21. The van der Waals surface area contributed by atoms with Crippen LogP contribution in [0.4, 0.5) is 0 Å². The molecule has 2 aliphatic heterocycles. The van der Waals surface area contributed by atoms with E-state index < -0.39 is 0 Å². The minimum absolute atomic E-state index is 0.0724. The third kappa shape index (κ3) is 4.08. The third-order valence-corrected chi connectivity index (χ3v) is 7.39. The van der Waals surface area contributed by atoms with Gasteiger partial charge in [0.2, 0.25) is 0 Å². The normalized spacial score (nSPS) is 21.1. The highest BCUT2D eigenvalue weighted by Gasteiger charge is 2.32. The first-order chi connectivity index (χ1) is 15.2. The summed E-state index contributed by atoms with van der Waals surface area (Å²) < 4.78 is 7.77. The molecule has 162 valence electrons. The Morgan fingerprint density at radius 2 is 2.16 bits per heavy atom. The number of hydrogen-bond acceptors (Lipinski definition) is 5. The van der Waals surface area contributed by atoms with Crippen LogP contribution < -0.4 is 0 Å². The molecule has 31 heavy (non-hydrogen) atoms. The van der Waals surface area contributed by atoms with Crippen LogP contribution in [0.1, 0.15) is 36.5 Å². The molecule has 0 N–H and O–H groups in total. The molecule has 0 unspecified atom stereocenters. The van der Waals surface area contributed by atoms with Crippen molar-refractivity contribution in [1.82, 2.24) is 19.7 Å². The first-order valence-corrected chi connectivity index (χ1v) is 12.3. The van der Waals surface area contributed by atoms with Gasteiger partial charge in [-0.2, -0.15) is 16.9 Å². The van der Waals surface area contributed by atoms with Crippen molar-refractivity contribution in [2.45, 2.75) is 44.9 Å². The lowest BCUT2D eigenvalue weighted by Gasteiger charge is -2.31. The average Bonchev–Trinajstić information content (AvgIpc) is 3.58. The third-order valence-electron chi connectivity index (χ3n) is 6.24. The molecule has 4 heterocycles. The number of carbonyl (C=O) groups excluding carboxylic acids is 1. The molecule has 2 aliphatic rings. The molecule has 1 amide bonds. The average molecular weight is 437 g/mol. The topological polar surface area (TPSA) is 60.2 Å². The molecule has 3 aromatic rings. The summed E-state index contributed by atoms with van der Waals surface area (Å²) >= 11 is 1.93. The molecule has 0 aliphatic carbocycles. The van der Waals surface area contributed by atoms with Crippen LogP contribution in [0.25, 0.3) is 22.3 Å². The number of aromatic nitrogens is 3. The highest BCUT2D eigenvalue weighted by molar-refractivity contribution is 7.99. The smallest absolute Gasteiger partial charge is 0.255 e. The fraction of sp³-hybridized carbons (Fsp3) is 0.458. The van der Waals surface area contributed by atoms with Crippen LogP contribution in [0.5, 0.6) is 0 Å². The maximum atomic E-state index is 14.0. The number of ether oxygens (including phenoxy) is 1. The summed E-state index contributed by atoms with van der Waals surface area (Å²) in [5, 5.41) is 5.33. The molecule has 1 aromatic carbocycles. The van der Waals surface area contributed by atoms with Crippen LogP contribution in [0.15, 0.2) is 42.6 Å². The summed E-state index contributed by atoms with van der Waals surface area (Å²) in [6, 6.07) is 12.3. The predicted octanol–water partition coefficient (Wildman–Crippen LogP) is 4.24. The number of pyridine rings is 1. The highest BCUT2D eigenvalue weighted by Crippen LogP contribution is 2.30. The van der Waals surface area contributed by atoms with Crippen LogP contribution in [0, 0.1) is 0 Å². The number of nitrogens with zero attached hydrogens (tertiary/aromatic N) is 4. The van der Waals surface area contributed by atoms with Gasteiger partial charge in [-0.1, -0.05) is 30.3 Å². The Labute approximate surface area is 187 Å². The van der Waals surface area contributed by atoms with E-state index in [1.165, 1.54) is 0 Å². The molecule has 0 radical (unpaired) electrons. The van der Waals surface area contributed by atoms with Crippen LogP contribution in [-0.2, 0) is 11.3 Å². The molecular weight excluding hydrogens is 408 g/mol. The summed E-state index contributed by atoms with van der Waals surface area (Å²) in [5.74, 6) is 2.17. The Morgan fingerprint density at radius 3 is 2.87 bits per heavy atom. The number of thioether (sulfide) groups is 1. The van der Waals surface area contributed by atoms with Gasteiger partial charge in [0.25, 0.3) is 5.91 Å². The Hall–Kier alpha value is -2.38. The Morgan fingerprint density at radius 1 is 1.29 bits per heavy atom. The van der Waals surface area contributed by atoms with Gasteiger partial charge in [0.15, 0.2) is 5.65 Å². The summed E-state index contributed by atoms with van der Waals surface area (Å²) in [6.07, 6.45) is 5.07. The number of fused-ring (bicyclic) bond motifs is 1. The maximum absolute atomic E-state index is 14.0. The lowest BCUT2D eigenvalue weighted by Crippen LogP contribution is -2.44. The second-order valence-electron chi connectivity index (χ2n) is 8.23. The van der Waals surface area contributed by atoms with Crippen molar-refractivity contribution in [3.63, 3.8) is 0 Å². The van der Waals surface area contributed by atoms with Crippen molar-refractivity contribution in [3.8, 4) is 11.3 Å². The largest absolute Gasteiger partial charge is 0.376 e. The molecule has 6 nitrogen and oxygen atoms in total. The molecule has 0 saturated carbocycles. The predicted molar refractivity (Wildman–Crippen MR) is 124 cm³/mol. The summed E-state index contributed by atoms with van der Waals surface area (Å²) in [7, 11) is 0. The van der Waals surface area contributed by atoms with Gasteiger partial charge in [-0.3, -0.25) is 4.79 Å². The van der Waals surface area contributed by atoms with E-state index in [0.717, 1.165) is 59.7 Å². The molecule has 2 aromatic heterocycles. The summed E-state index contributed by atoms with van der Waals surface area (Å²) in [6.45, 7) is 4.22. The molecule has 2 atom stereocenters. The van der Waals surface area contributed by atoms with Crippen LogP contribution in [-0.4, -0.2) is 62.4 Å². The Kier molecular flexibility index (Phi) is 5.96. The van der Waals surface area contributed by atoms with Crippen LogP contribution in [0.2, 0.25) is 0 Å². The summed E-state index contributed by atoms with van der Waals surface area (Å²) in [4.78, 5) is 21.0. The van der Waals surface area contributed by atoms with Gasteiger partial charge in [-0.05, 0) is 38.0 Å². The minimum Gasteiger partial charge on any atom is -0.376 e. The molecule has 2 fully saturated rings. The molecule has 0 spiro atoms. The fourth-order valence-electron chi connectivity index (χ4n) is 4.54. The van der Waals surface area contributed by atoms with Gasteiger partial charge in [-0.25, -0.2) is 9.67 Å². The Bertz CT molecular complexity index is 1060. The van der Waals surface area contributed by atoms with Gasteiger partial charge < -0.3 is 9.64 Å². The van der Waals surface area contributed by atoms with Crippen molar-refractivity contribution in [3.05, 3.63) is 48.2 Å². The van der Waals surface area contributed by atoms with Crippen LogP contribution in [0.3, 0.4) is 0 Å². The number of amides is 1. The van der Waals surface area contributed by atoms with E-state index in [9.17, 15) is 4.79 Å². The minimum atomic E-state index is 0.0724. The zero-order valence-corrected chi connectivity index (χ0v) is 18.7. The molecular formula is C24H28N4O2S. The number of carbonyl (C=O) groups is 1. The van der Waals surface area contributed by atoms with Gasteiger partial charge in [0.05, 0.1) is 28.9 Å². The van der Waals surface area contributed by atoms with Crippen LogP contribution >= 0.6 is 11.8 Å². The van der Waals surface area contributed by atoms with Gasteiger partial charge >= 0.3 is 0 Å². The highest BCUT2D eigenvalue weighted by atomic mass is 32.2. The molecule has 5 rings (SSSR count). The molecule has 7 heteroatoms. The second kappa shape index (κ2) is 9.01. The zero-order valence-electron chi connectivity index (χ0n) is 17.9. The monoisotopic (exact) mass is 436 g/mol. The maximum Gasteiger partial charge on any atom is 0.255 e. The number of rotatable bonds is 6. The van der Waals surface area contributed by atoms with E-state index in [-0.39, 0.29) is 18.1 Å². The van der Waals surface area contributed by atoms with E-state index in [1.807, 2.05) is 59.8 Å². The van der Waals surface area contributed by atoms with E-state index in [4.69, 9.17) is 9.72 Å². The van der Waals surface area contributed by atoms with Crippen molar-refractivity contribution < 1.29 is 9.53 Å². The molecule has 0 bridgehead atoms.